The van der Waals surface area contributed by atoms with Crippen LogP contribution in [0, 0.1) is 17.0 Å². The van der Waals surface area contributed by atoms with Crippen molar-refractivity contribution in [1.29, 1.82) is 0 Å². The smallest absolute Gasteiger partial charge is 0.329 e. The lowest BCUT2D eigenvalue weighted by atomic mass is 10.1. The third kappa shape index (κ3) is 3.39. The molecule has 0 bridgehead atoms. The lowest BCUT2D eigenvalue weighted by molar-refractivity contribution is -0.385. The predicted molar refractivity (Wildman–Crippen MR) is 93.0 cm³/mol. The highest BCUT2D eigenvalue weighted by Crippen LogP contribution is 2.26. The first-order chi connectivity index (χ1) is 12.3. The van der Waals surface area contributed by atoms with E-state index in [1.807, 2.05) is 31.2 Å². The molecule has 0 spiro atoms. The van der Waals surface area contributed by atoms with E-state index in [9.17, 15) is 24.8 Å². The lowest BCUT2D eigenvalue weighted by Gasteiger charge is -2.11. The first-order valence-corrected chi connectivity index (χ1v) is 7.72. The number of urea groups is 1. The third-order valence-electron chi connectivity index (χ3n) is 3.93. The number of phenols is 1. The summed E-state index contributed by atoms with van der Waals surface area (Å²) in [7, 11) is 0. The molecule has 8 nitrogen and oxygen atoms in total. The molecular formula is C18H15N3O5. The average Bonchev–Trinajstić information content (AvgIpc) is 2.84. The van der Waals surface area contributed by atoms with Gasteiger partial charge in [-0.05, 0) is 30.7 Å². The first-order valence-electron chi connectivity index (χ1n) is 7.72. The number of rotatable bonds is 4. The second-order valence-corrected chi connectivity index (χ2v) is 5.87. The SMILES string of the molecule is Cc1ccc(CN2C(=O)N/C(=C/c3cc(O)ccc3[N+](=O)[O-])C2=O)cc1. The number of aromatic hydroxyl groups is 1. The van der Waals surface area contributed by atoms with E-state index in [4.69, 9.17) is 0 Å². The van der Waals surface area contributed by atoms with Crippen LogP contribution in [0.25, 0.3) is 6.08 Å². The van der Waals surface area contributed by atoms with E-state index in [0.29, 0.717) is 0 Å². The molecule has 1 aliphatic heterocycles. The van der Waals surface area contributed by atoms with Crippen LogP contribution in [0.5, 0.6) is 5.75 Å². The Bertz CT molecular complexity index is 934. The van der Waals surface area contributed by atoms with Crippen LogP contribution in [0.2, 0.25) is 0 Å². The summed E-state index contributed by atoms with van der Waals surface area (Å²) >= 11 is 0. The van der Waals surface area contributed by atoms with Crippen molar-refractivity contribution in [1.82, 2.24) is 10.2 Å². The molecular weight excluding hydrogens is 338 g/mol. The lowest BCUT2D eigenvalue weighted by Crippen LogP contribution is -2.30. The molecule has 1 heterocycles. The average molecular weight is 353 g/mol. The standard InChI is InChI=1S/C18H15N3O5/c1-11-2-4-12(5-3-11)10-20-17(23)15(19-18(20)24)9-13-8-14(22)6-7-16(13)21(25)26/h2-9,22H,10H2,1H3,(H,19,24)/b15-9+. The zero-order valence-corrected chi connectivity index (χ0v) is 13.8. The van der Waals surface area contributed by atoms with Crippen LogP contribution in [-0.4, -0.2) is 26.9 Å². The highest BCUT2D eigenvalue weighted by molar-refractivity contribution is 6.14. The zero-order valence-electron chi connectivity index (χ0n) is 13.8. The van der Waals surface area contributed by atoms with Crippen molar-refractivity contribution in [3.63, 3.8) is 0 Å². The Balaban J connectivity index is 1.89. The van der Waals surface area contributed by atoms with E-state index in [-0.39, 0.29) is 29.2 Å². The van der Waals surface area contributed by atoms with Crippen LogP contribution in [0.1, 0.15) is 16.7 Å². The number of hydrogen-bond donors (Lipinski definition) is 2. The minimum absolute atomic E-state index is 0.0239. The molecule has 8 heteroatoms. The Kier molecular flexibility index (Phi) is 4.40. The topological polar surface area (TPSA) is 113 Å². The fourth-order valence-corrected chi connectivity index (χ4v) is 2.57. The molecule has 2 aromatic carbocycles. The number of carbonyl (C=O) groups excluding carboxylic acids is 2. The molecule has 1 aliphatic rings. The first kappa shape index (κ1) is 17.2. The molecule has 1 saturated heterocycles. The van der Waals surface area contributed by atoms with Gasteiger partial charge in [-0.2, -0.15) is 0 Å². The largest absolute Gasteiger partial charge is 0.508 e. The molecule has 0 unspecified atom stereocenters. The number of hydrogen-bond acceptors (Lipinski definition) is 5. The third-order valence-corrected chi connectivity index (χ3v) is 3.93. The quantitative estimate of drug-likeness (QED) is 0.380. The number of aryl methyl sites for hydroxylation is 1. The second-order valence-electron chi connectivity index (χ2n) is 5.87. The molecule has 26 heavy (non-hydrogen) atoms. The van der Waals surface area contributed by atoms with Crippen LogP contribution >= 0.6 is 0 Å². The maximum absolute atomic E-state index is 12.5. The van der Waals surface area contributed by atoms with Gasteiger partial charge in [-0.25, -0.2) is 4.79 Å². The maximum Gasteiger partial charge on any atom is 0.329 e. The number of nitrogens with zero attached hydrogens (tertiary/aromatic N) is 2. The Labute approximate surface area is 148 Å². The molecule has 1 fully saturated rings. The van der Waals surface area contributed by atoms with Crippen LogP contribution in [0.15, 0.2) is 48.2 Å². The van der Waals surface area contributed by atoms with Gasteiger partial charge in [-0.1, -0.05) is 29.8 Å². The van der Waals surface area contributed by atoms with E-state index in [1.54, 1.807) is 0 Å². The van der Waals surface area contributed by atoms with Gasteiger partial charge in [0, 0.05) is 6.07 Å². The fraction of sp³-hybridized carbons (Fsp3) is 0.111. The Hall–Kier alpha value is -3.68. The molecule has 2 N–H and O–H groups in total. The van der Waals surface area contributed by atoms with Crippen LogP contribution < -0.4 is 5.32 Å². The summed E-state index contributed by atoms with van der Waals surface area (Å²) in [6.07, 6.45) is 1.19. The van der Waals surface area contributed by atoms with Crippen molar-refractivity contribution >= 4 is 23.7 Å². The summed E-state index contributed by atoms with van der Waals surface area (Å²) in [5.41, 5.74) is 1.49. The van der Waals surface area contributed by atoms with Crippen molar-refractivity contribution in [3.05, 3.63) is 75.0 Å². The number of nitro groups is 1. The normalized spacial score (nSPS) is 15.4. The van der Waals surface area contributed by atoms with Crippen LogP contribution in [0.4, 0.5) is 10.5 Å². The van der Waals surface area contributed by atoms with E-state index >= 15 is 0 Å². The second kappa shape index (κ2) is 6.67. The van der Waals surface area contributed by atoms with Gasteiger partial charge in [0.25, 0.3) is 11.6 Å². The van der Waals surface area contributed by atoms with E-state index < -0.39 is 16.9 Å². The van der Waals surface area contributed by atoms with Gasteiger partial charge in [0.1, 0.15) is 11.4 Å². The Morgan fingerprint density at radius 1 is 1.19 bits per heavy atom. The van der Waals surface area contributed by atoms with Gasteiger partial charge in [0.15, 0.2) is 0 Å². The Morgan fingerprint density at radius 3 is 2.54 bits per heavy atom. The predicted octanol–water partition coefficient (Wildman–Crippen LogP) is 2.70. The molecule has 2 aromatic rings. The minimum Gasteiger partial charge on any atom is -0.508 e. The van der Waals surface area contributed by atoms with E-state index in [1.165, 1.54) is 12.1 Å². The van der Waals surface area contributed by atoms with Crippen molar-refractivity contribution in [2.24, 2.45) is 0 Å². The highest BCUT2D eigenvalue weighted by Gasteiger charge is 2.34. The van der Waals surface area contributed by atoms with Crippen molar-refractivity contribution in [3.8, 4) is 5.75 Å². The molecule has 3 rings (SSSR count). The van der Waals surface area contributed by atoms with E-state index in [0.717, 1.165) is 28.2 Å². The summed E-state index contributed by atoms with van der Waals surface area (Å²) in [6.45, 7) is 2.02. The number of benzene rings is 2. The zero-order chi connectivity index (χ0) is 18.8. The molecule has 0 aliphatic carbocycles. The van der Waals surface area contributed by atoms with Gasteiger partial charge >= 0.3 is 6.03 Å². The van der Waals surface area contributed by atoms with Crippen molar-refractivity contribution in [2.45, 2.75) is 13.5 Å². The number of imide groups is 1. The maximum atomic E-state index is 12.5. The van der Waals surface area contributed by atoms with Gasteiger partial charge < -0.3 is 10.4 Å². The van der Waals surface area contributed by atoms with Crippen LogP contribution in [0.3, 0.4) is 0 Å². The molecule has 132 valence electrons. The number of nitro benzene ring substituents is 1. The molecule has 0 atom stereocenters. The molecule has 0 radical (unpaired) electrons. The number of nitrogens with one attached hydrogen (secondary N) is 1. The summed E-state index contributed by atoms with van der Waals surface area (Å²) in [5, 5.41) is 23.1. The highest BCUT2D eigenvalue weighted by atomic mass is 16.6. The number of phenolic OH excluding ortho intramolecular Hbond substituents is 1. The molecule has 3 amide bonds. The fourth-order valence-electron chi connectivity index (χ4n) is 2.57. The van der Waals surface area contributed by atoms with Gasteiger partial charge in [-0.15, -0.1) is 0 Å². The minimum atomic E-state index is -0.628. The van der Waals surface area contributed by atoms with Gasteiger partial charge in [-0.3, -0.25) is 19.8 Å². The van der Waals surface area contributed by atoms with E-state index in [2.05, 4.69) is 5.32 Å². The van der Waals surface area contributed by atoms with Crippen LogP contribution in [-0.2, 0) is 11.3 Å². The van der Waals surface area contributed by atoms with Crippen molar-refractivity contribution < 1.29 is 19.6 Å². The van der Waals surface area contributed by atoms with Gasteiger partial charge in [0.05, 0.1) is 17.0 Å². The molecule has 0 aromatic heterocycles. The van der Waals surface area contributed by atoms with Crippen molar-refractivity contribution in [2.75, 3.05) is 0 Å². The summed E-state index contributed by atoms with van der Waals surface area (Å²) in [6, 6.07) is 10.3. The number of carbonyl (C=O) groups is 2. The molecule has 0 saturated carbocycles. The van der Waals surface area contributed by atoms with Gasteiger partial charge in [0.2, 0.25) is 0 Å². The summed E-state index contributed by atoms with van der Waals surface area (Å²) < 4.78 is 0. The summed E-state index contributed by atoms with van der Waals surface area (Å²) in [5.74, 6) is -0.774. The summed E-state index contributed by atoms with van der Waals surface area (Å²) in [4.78, 5) is 36.1. The monoisotopic (exact) mass is 353 g/mol. The Morgan fingerprint density at radius 2 is 1.88 bits per heavy atom. The number of amides is 3.